The van der Waals surface area contributed by atoms with Crippen molar-refractivity contribution in [3.8, 4) is 0 Å². The van der Waals surface area contributed by atoms with Crippen LogP contribution in [0.25, 0.3) is 0 Å². The molecule has 1 aliphatic carbocycles. The van der Waals surface area contributed by atoms with E-state index in [1.807, 2.05) is 75.4 Å². The largest absolute Gasteiger partial charge is 0.460 e. The molecule has 1 aliphatic rings. The summed E-state index contributed by atoms with van der Waals surface area (Å²) < 4.78 is 10.6. The van der Waals surface area contributed by atoms with Gasteiger partial charge in [-0.1, -0.05) is 47.6 Å². The van der Waals surface area contributed by atoms with Gasteiger partial charge in [0.25, 0.3) is 5.91 Å². The van der Waals surface area contributed by atoms with E-state index < -0.39 is 5.60 Å². The number of carbonyl (C=O) groups excluding carboxylic acids is 2. The molecule has 0 bridgehead atoms. The molecule has 0 atom stereocenters. The molecule has 0 spiro atoms. The number of rotatable bonds is 8. The number of hydrogen-bond donors (Lipinski definition) is 1. The van der Waals surface area contributed by atoms with E-state index in [4.69, 9.17) is 9.26 Å². The van der Waals surface area contributed by atoms with Gasteiger partial charge in [-0.25, -0.2) is 0 Å². The molecule has 7 heteroatoms. The van der Waals surface area contributed by atoms with Crippen molar-refractivity contribution in [2.24, 2.45) is 5.92 Å². The van der Waals surface area contributed by atoms with Gasteiger partial charge in [0.1, 0.15) is 5.60 Å². The van der Waals surface area contributed by atoms with E-state index in [0.29, 0.717) is 36.1 Å². The Morgan fingerprint density at radius 2 is 1.69 bits per heavy atom. The molecule has 1 amide bonds. The van der Waals surface area contributed by atoms with Gasteiger partial charge < -0.3 is 9.26 Å². The topological polar surface area (TPSA) is 94.3 Å². The number of aromatic nitrogens is 2. The summed E-state index contributed by atoms with van der Waals surface area (Å²) in [7, 11) is 0. The smallest absolute Gasteiger partial charge is 0.328 e. The van der Waals surface area contributed by atoms with Crippen molar-refractivity contribution >= 4 is 17.9 Å². The highest BCUT2D eigenvalue weighted by Gasteiger charge is 2.24. The summed E-state index contributed by atoms with van der Waals surface area (Å²) >= 11 is 0. The average molecular weight is 490 g/mol. The van der Waals surface area contributed by atoms with Crippen LogP contribution in [-0.2, 0) is 16.0 Å². The maximum atomic E-state index is 12.6. The molecule has 1 aromatic heterocycles. The van der Waals surface area contributed by atoms with Crippen LogP contribution in [0.3, 0.4) is 0 Å². The van der Waals surface area contributed by atoms with Gasteiger partial charge in [-0.3, -0.25) is 14.9 Å². The molecule has 3 aromatic rings. The number of anilines is 1. The maximum Gasteiger partial charge on any atom is 0.328 e. The molecule has 0 aliphatic heterocycles. The van der Waals surface area contributed by atoms with E-state index in [0.717, 1.165) is 37.7 Å². The molecule has 4 rings (SSSR count). The van der Waals surface area contributed by atoms with E-state index in [1.165, 1.54) is 5.56 Å². The average Bonchev–Trinajstić information content (AvgIpc) is 3.29. The second kappa shape index (κ2) is 11.5. The molecule has 0 unspecified atom stereocenters. The molecule has 7 nitrogen and oxygen atoms in total. The fourth-order valence-electron chi connectivity index (χ4n) is 4.73. The van der Waals surface area contributed by atoms with Crippen molar-refractivity contribution < 1.29 is 18.8 Å². The van der Waals surface area contributed by atoms with Gasteiger partial charge in [0.15, 0.2) is 5.82 Å². The predicted molar refractivity (Wildman–Crippen MR) is 138 cm³/mol. The van der Waals surface area contributed by atoms with Crippen LogP contribution < -0.4 is 5.32 Å². The Balaban J connectivity index is 1.23. The van der Waals surface area contributed by atoms with Gasteiger partial charge >= 0.3 is 12.0 Å². The van der Waals surface area contributed by atoms with E-state index in [2.05, 4.69) is 15.5 Å². The van der Waals surface area contributed by atoms with E-state index in [-0.39, 0.29) is 17.9 Å². The first-order valence-corrected chi connectivity index (χ1v) is 12.7. The van der Waals surface area contributed by atoms with Crippen LogP contribution in [0.1, 0.15) is 92.5 Å². The van der Waals surface area contributed by atoms with Gasteiger partial charge in [-0.05, 0) is 88.0 Å². The van der Waals surface area contributed by atoms with Gasteiger partial charge in [-0.2, -0.15) is 4.98 Å². The number of amides is 1. The molecule has 1 N–H and O–H groups in total. The summed E-state index contributed by atoms with van der Waals surface area (Å²) in [5.41, 5.74) is 2.45. The number of hydrogen-bond acceptors (Lipinski definition) is 6. The number of ether oxygens (including phenoxy) is 1. The summed E-state index contributed by atoms with van der Waals surface area (Å²) in [5, 5.41) is 6.64. The van der Waals surface area contributed by atoms with Crippen LogP contribution >= 0.6 is 0 Å². The third kappa shape index (κ3) is 7.51. The zero-order valence-electron chi connectivity index (χ0n) is 21.3. The standard InChI is InChI=1S/C29H35N3O4/c1-29(2,3)35-26(33)18-11-20-9-12-22(13-10-20)23-14-16-24(17-15-23)27(34)31-28-30-25(32-36-28)19-21-7-5-4-6-8-21/h4-8,14-17,20,22H,9-13,18-19H2,1-3H3,(H,30,31,32,34). The first kappa shape index (κ1) is 25.6. The van der Waals surface area contributed by atoms with Crippen molar-refractivity contribution in [1.82, 2.24) is 10.1 Å². The van der Waals surface area contributed by atoms with Crippen LogP contribution in [0.4, 0.5) is 6.01 Å². The quantitative estimate of drug-likeness (QED) is 0.373. The zero-order valence-corrected chi connectivity index (χ0v) is 21.3. The fraction of sp³-hybridized carbons (Fsp3) is 0.448. The third-order valence-electron chi connectivity index (χ3n) is 6.56. The number of benzene rings is 2. The predicted octanol–water partition coefficient (Wildman–Crippen LogP) is 6.31. The number of nitrogens with zero attached hydrogens (tertiary/aromatic N) is 2. The molecular formula is C29H35N3O4. The number of nitrogens with one attached hydrogen (secondary N) is 1. The molecule has 0 radical (unpaired) electrons. The first-order valence-electron chi connectivity index (χ1n) is 12.7. The third-order valence-corrected chi connectivity index (χ3v) is 6.56. The Hall–Kier alpha value is -3.48. The van der Waals surface area contributed by atoms with Crippen molar-refractivity contribution in [2.75, 3.05) is 5.32 Å². The van der Waals surface area contributed by atoms with Gasteiger partial charge in [0, 0.05) is 18.4 Å². The first-order chi connectivity index (χ1) is 17.2. The Bertz CT molecular complexity index is 1140. The van der Waals surface area contributed by atoms with E-state index >= 15 is 0 Å². The van der Waals surface area contributed by atoms with Crippen molar-refractivity contribution in [2.45, 2.75) is 77.2 Å². The summed E-state index contributed by atoms with van der Waals surface area (Å²) in [6.07, 6.45) is 6.33. The Morgan fingerprint density at radius 1 is 1.00 bits per heavy atom. The van der Waals surface area contributed by atoms with Crippen LogP contribution in [0.5, 0.6) is 0 Å². The molecule has 0 saturated heterocycles. The lowest BCUT2D eigenvalue weighted by Crippen LogP contribution is -2.24. The molecule has 2 aromatic carbocycles. The normalized spacial score (nSPS) is 18.0. The van der Waals surface area contributed by atoms with Crippen LogP contribution in [0, 0.1) is 5.92 Å². The molecule has 190 valence electrons. The van der Waals surface area contributed by atoms with Crippen molar-refractivity contribution in [1.29, 1.82) is 0 Å². The van der Waals surface area contributed by atoms with Crippen LogP contribution in [0.2, 0.25) is 0 Å². The molecular weight excluding hydrogens is 454 g/mol. The summed E-state index contributed by atoms with van der Waals surface area (Å²) in [6, 6.07) is 17.7. The minimum atomic E-state index is -0.422. The molecule has 1 fully saturated rings. The summed E-state index contributed by atoms with van der Waals surface area (Å²) in [4.78, 5) is 28.9. The van der Waals surface area contributed by atoms with E-state index in [9.17, 15) is 9.59 Å². The number of esters is 1. The fourth-order valence-corrected chi connectivity index (χ4v) is 4.73. The Morgan fingerprint density at radius 3 is 2.36 bits per heavy atom. The lowest BCUT2D eigenvalue weighted by atomic mass is 9.77. The Kier molecular flexibility index (Phi) is 8.18. The van der Waals surface area contributed by atoms with Crippen molar-refractivity contribution in [3.63, 3.8) is 0 Å². The highest BCUT2D eigenvalue weighted by atomic mass is 16.6. The minimum absolute atomic E-state index is 0.0970. The molecule has 1 saturated carbocycles. The number of carbonyl (C=O) groups is 2. The highest BCUT2D eigenvalue weighted by Crippen LogP contribution is 2.37. The van der Waals surface area contributed by atoms with Crippen LogP contribution in [0.15, 0.2) is 59.1 Å². The second-order valence-electron chi connectivity index (χ2n) is 10.6. The zero-order chi connectivity index (χ0) is 25.5. The highest BCUT2D eigenvalue weighted by molar-refractivity contribution is 6.03. The van der Waals surface area contributed by atoms with Gasteiger partial charge in [0.2, 0.25) is 0 Å². The monoisotopic (exact) mass is 489 g/mol. The van der Waals surface area contributed by atoms with Gasteiger partial charge in [-0.15, -0.1) is 0 Å². The van der Waals surface area contributed by atoms with E-state index in [1.54, 1.807) is 0 Å². The molecule has 36 heavy (non-hydrogen) atoms. The maximum absolute atomic E-state index is 12.6. The Labute approximate surface area is 212 Å². The molecule has 1 heterocycles. The van der Waals surface area contributed by atoms with Gasteiger partial charge in [0.05, 0.1) is 0 Å². The van der Waals surface area contributed by atoms with Crippen molar-refractivity contribution in [3.05, 3.63) is 77.1 Å². The summed E-state index contributed by atoms with van der Waals surface area (Å²) in [5.74, 6) is 1.19. The minimum Gasteiger partial charge on any atom is -0.460 e. The lowest BCUT2D eigenvalue weighted by molar-refractivity contribution is -0.155. The lowest BCUT2D eigenvalue weighted by Gasteiger charge is -2.29. The summed E-state index contributed by atoms with van der Waals surface area (Å²) in [6.45, 7) is 5.71. The van der Waals surface area contributed by atoms with Crippen LogP contribution in [-0.4, -0.2) is 27.6 Å². The second-order valence-corrected chi connectivity index (χ2v) is 10.6. The SMILES string of the molecule is CC(C)(C)OC(=O)CCC1CCC(c2ccc(C(=O)Nc3nc(Cc4ccccc4)no3)cc2)CC1.